The first-order valence-corrected chi connectivity index (χ1v) is 6.41. The van der Waals surface area contributed by atoms with Gasteiger partial charge in [-0.2, -0.15) is 12.6 Å². The van der Waals surface area contributed by atoms with E-state index in [2.05, 4.69) is 17.9 Å². The summed E-state index contributed by atoms with van der Waals surface area (Å²) in [4.78, 5) is 34.6. The van der Waals surface area contributed by atoms with Crippen molar-refractivity contribution >= 4 is 30.3 Å². The number of nitrogens with one attached hydrogen (secondary N) is 1. The predicted octanol–water partition coefficient (Wildman–Crippen LogP) is 1.39. The first-order chi connectivity index (χ1) is 9.01. The second-order valence-corrected chi connectivity index (χ2v) is 4.23. The zero-order valence-corrected chi connectivity index (χ0v) is 11.3. The molecule has 0 saturated carbocycles. The van der Waals surface area contributed by atoms with Crippen molar-refractivity contribution in [3.63, 3.8) is 0 Å². The lowest BCUT2D eigenvalue weighted by Crippen LogP contribution is -2.42. The molecule has 102 valence electrons. The molecule has 1 amide bonds. The number of thiol groups is 1. The van der Waals surface area contributed by atoms with E-state index in [-0.39, 0.29) is 23.5 Å². The fourth-order valence-electron chi connectivity index (χ4n) is 1.54. The number of hydrogen-bond donors (Lipinski definition) is 3. The lowest BCUT2D eigenvalue weighted by Gasteiger charge is -2.13. The molecule has 0 aliphatic carbocycles. The van der Waals surface area contributed by atoms with E-state index in [0.29, 0.717) is 5.56 Å². The molecule has 6 heteroatoms. The topological polar surface area (TPSA) is 83.5 Å². The highest BCUT2D eigenvalue weighted by Gasteiger charge is 2.21. The number of rotatable bonds is 6. The molecular weight excluding hydrogens is 266 g/mol. The summed E-state index contributed by atoms with van der Waals surface area (Å²) in [5, 5.41) is 11.2. The standard InChI is InChI=1S/C13H15NO4S/c1-2-11(15)8-5-3-4-6-9(8)12(16)14-10(7-19)13(17)18/h3-6,10,19H,2,7H2,1H3,(H,14,16)(H,17,18)/t10-/m0/s1. The minimum Gasteiger partial charge on any atom is -0.480 e. The van der Waals surface area contributed by atoms with E-state index in [9.17, 15) is 14.4 Å². The van der Waals surface area contributed by atoms with Gasteiger partial charge in [-0.15, -0.1) is 0 Å². The minimum atomic E-state index is -1.16. The molecule has 0 radical (unpaired) electrons. The summed E-state index contributed by atoms with van der Waals surface area (Å²) >= 11 is 3.86. The van der Waals surface area contributed by atoms with Gasteiger partial charge in [0.1, 0.15) is 6.04 Å². The van der Waals surface area contributed by atoms with Crippen molar-refractivity contribution in [3.8, 4) is 0 Å². The summed E-state index contributed by atoms with van der Waals surface area (Å²) in [5.41, 5.74) is 0.480. The van der Waals surface area contributed by atoms with E-state index in [4.69, 9.17) is 5.11 Å². The Kier molecular flexibility index (Phi) is 5.57. The highest BCUT2D eigenvalue weighted by molar-refractivity contribution is 7.80. The molecule has 0 aliphatic rings. The average Bonchev–Trinajstić information content (AvgIpc) is 2.43. The van der Waals surface area contributed by atoms with Crippen LogP contribution >= 0.6 is 12.6 Å². The van der Waals surface area contributed by atoms with Crippen molar-refractivity contribution < 1.29 is 19.5 Å². The second-order valence-electron chi connectivity index (χ2n) is 3.87. The Morgan fingerprint density at radius 2 is 1.84 bits per heavy atom. The van der Waals surface area contributed by atoms with Crippen LogP contribution in [0.25, 0.3) is 0 Å². The van der Waals surface area contributed by atoms with Crippen LogP contribution < -0.4 is 5.32 Å². The van der Waals surface area contributed by atoms with E-state index >= 15 is 0 Å². The fourth-order valence-corrected chi connectivity index (χ4v) is 1.78. The van der Waals surface area contributed by atoms with Crippen LogP contribution in [0.5, 0.6) is 0 Å². The monoisotopic (exact) mass is 281 g/mol. The maximum atomic E-state index is 12.0. The van der Waals surface area contributed by atoms with Gasteiger partial charge >= 0.3 is 5.97 Å². The lowest BCUT2D eigenvalue weighted by molar-refractivity contribution is -0.138. The van der Waals surface area contributed by atoms with Crippen LogP contribution in [0.3, 0.4) is 0 Å². The zero-order chi connectivity index (χ0) is 14.4. The molecule has 0 aromatic heterocycles. The van der Waals surface area contributed by atoms with Gasteiger partial charge in [-0.25, -0.2) is 4.79 Å². The van der Waals surface area contributed by atoms with Gasteiger partial charge in [0.15, 0.2) is 5.78 Å². The molecular formula is C13H15NO4S. The number of ketones is 1. The summed E-state index contributed by atoms with van der Waals surface area (Å²) in [6.45, 7) is 1.70. The van der Waals surface area contributed by atoms with E-state index < -0.39 is 17.9 Å². The molecule has 2 N–H and O–H groups in total. The van der Waals surface area contributed by atoms with Gasteiger partial charge in [0.2, 0.25) is 0 Å². The number of hydrogen-bond acceptors (Lipinski definition) is 4. The molecule has 1 rings (SSSR count). The fraction of sp³-hybridized carbons (Fsp3) is 0.308. The van der Waals surface area contributed by atoms with Crippen LogP contribution in [0.15, 0.2) is 24.3 Å². The molecule has 0 heterocycles. The average molecular weight is 281 g/mol. The van der Waals surface area contributed by atoms with Gasteiger partial charge in [-0.1, -0.05) is 25.1 Å². The van der Waals surface area contributed by atoms with Crippen molar-refractivity contribution in [2.75, 3.05) is 5.75 Å². The summed E-state index contributed by atoms with van der Waals surface area (Å²) in [7, 11) is 0. The largest absolute Gasteiger partial charge is 0.480 e. The normalized spacial score (nSPS) is 11.7. The predicted molar refractivity (Wildman–Crippen MR) is 73.8 cm³/mol. The Bertz CT molecular complexity index is 501. The van der Waals surface area contributed by atoms with Crippen LogP contribution in [-0.2, 0) is 4.79 Å². The van der Waals surface area contributed by atoms with Gasteiger partial charge in [0.05, 0.1) is 5.56 Å². The Morgan fingerprint density at radius 3 is 2.32 bits per heavy atom. The maximum absolute atomic E-state index is 12.0. The van der Waals surface area contributed by atoms with E-state index in [0.717, 1.165) is 0 Å². The Balaban J connectivity index is 3.00. The minimum absolute atomic E-state index is 0.0229. The zero-order valence-electron chi connectivity index (χ0n) is 10.4. The highest BCUT2D eigenvalue weighted by atomic mass is 32.1. The van der Waals surface area contributed by atoms with Gasteiger partial charge < -0.3 is 10.4 Å². The number of amides is 1. The number of carbonyl (C=O) groups excluding carboxylic acids is 2. The molecule has 1 aromatic carbocycles. The number of carboxylic acids is 1. The molecule has 0 bridgehead atoms. The third kappa shape index (κ3) is 3.82. The summed E-state index contributed by atoms with van der Waals surface area (Å²) < 4.78 is 0. The van der Waals surface area contributed by atoms with Crippen molar-refractivity contribution in [2.24, 2.45) is 0 Å². The summed E-state index contributed by atoms with van der Waals surface area (Å²) in [6.07, 6.45) is 0.277. The lowest BCUT2D eigenvalue weighted by atomic mass is 10.0. The van der Waals surface area contributed by atoms with E-state index in [1.807, 2.05) is 0 Å². The molecule has 19 heavy (non-hydrogen) atoms. The Morgan fingerprint density at radius 1 is 1.26 bits per heavy atom. The van der Waals surface area contributed by atoms with E-state index in [1.54, 1.807) is 25.1 Å². The Labute approximate surface area is 116 Å². The first-order valence-electron chi connectivity index (χ1n) is 5.78. The van der Waals surface area contributed by atoms with Crippen LogP contribution in [0.4, 0.5) is 0 Å². The third-order valence-corrected chi connectivity index (χ3v) is 2.94. The van der Waals surface area contributed by atoms with Gasteiger partial charge in [-0.05, 0) is 6.07 Å². The van der Waals surface area contributed by atoms with E-state index in [1.165, 1.54) is 6.07 Å². The van der Waals surface area contributed by atoms with Crippen molar-refractivity contribution in [1.82, 2.24) is 5.32 Å². The quantitative estimate of drug-likeness (QED) is 0.543. The van der Waals surface area contributed by atoms with Crippen LogP contribution in [-0.4, -0.2) is 34.6 Å². The van der Waals surface area contributed by atoms with Crippen molar-refractivity contribution in [3.05, 3.63) is 35.4 Å². The molecule has 0 saturated heterocycles. The van der Waals surface area contributed by atoms with Crippen LogP contribution in [0.2, 0.25) is 0 Å². The number of carbonyl (C=O) groups is 3. The summed E-state index contributed by atoms with van der Waals surface area (Å²) in [6, 6.07) is 5.25. The molecule has 1 aromatic rings. The Hall–Kier alpha value is -1.82. The first kappa shape index (κ1) is 15.2. The third-order valence-electron chi connectivity index (χ3n) is 2.58. The molecule has 0 aliphatic heterocycles. The SMILES string of the molecule is CCC(=O)c1ccccc1C(=O)N[C@@H](CS)C(=O)O. The smallest absolute Gasteiger partial charge is 0.327 e. The summed E-state index contributed by atoms with van der Waals surface area (Å²) in [5.74, 6) is -1.93. The second kappa shape index (κ2) is 6.94. The highest BCUT2D eigenvalue weighted by Crippen LogP contribution is 2.11. The molecule has 1 atom stereocenters. The number of Topliss-reactive ketones (excluding diaryl/α,β-unsaturated/α-hetero) is 1. The molecule has 0 fully saturated rings. The van der Waals surface area contributed by atoms with Crippen molar-refractivity contribution in [1.29, 1.82) is 0 Å². The van der Waals surface area contributed by atoms with Crippen LogP contribution in [0, 0.1) is 0 Å². The van der Waals surface area contributed by atoms with Gasteiger partial charge in [-0.3, -0.25) is 9.59 Å². The molecule has 0 spiro atoms. The molecule has 0 unspecified atom stereocenters. The molecule has 5 nitrogen and oxygen atoms in total. The number of aliphatic carboxylic acids is 1. The number of carboxylic acid groups (broad SMARTS) is 1. The van der Waals surface area contributed by atoms with Crippen molar-refractivity contribution in [2.45, 2.75) is 19.4 Å². The maximum Gasteiger partial charge on any atom is 0.327 e. The van der Waals surface area contributed by atoms with Gasteiger partial charge in [0, 0.05) is 17.7 Å². The van der Waals surface area contributed by atoms with Crippen LogP contribution in [0.1, 0.15) is 34.1 Å². The number of benzene rings is 1. The van der Waals surface area contributed by atoms with Gasteiger partial charge in [0.25, 0.3) is 5.91 Å².